The van der Waals surface area contributed by atoms with Crippen LogP contribution in [0, 0.1) is 10.1 Å². The molecule has 4 aromatic rings. The van der Waals surface area contributed by atoms with Gasteiger partial charge in [0.1, 0.15) is 0 Å². The Morgan fingerprint density at radius 1 is 1.00 bits per heavy atom. The second-order valence-corrected chi connectivity index (χ2v) is 10.8. The number of rotatable bonds is 9. The lowest BCUT2D eigenvalue weighted by molar-refractivity contribution is -0.384. The summed E-state index contributed by atoms with van der Waals surface area (Å²) >= 11 is 1.36. The van der Waals surface area contributed by atoms with Crippen LogP contribution in [-0.4, -0.2) is 26.4 Å². The van der Waals surface area contributed by atoms with Crippen LogP contribution in [0.15, 0.2) is 82.7 Å². The summed E-state index contributed by atoms with van der Waals surface area (Å²) in [5.74, 6) is 0.261. The fraction of sp³-hybridized carbons (Fsp3) is 0.300. The first kappa shape index (κ1) is 26.6. The number of nitro benzene ring substituents is 1. The molecule has 0 unspecified atom stereocenters. The highest BCUT2D eigenvalue weighted by molar-refractivity contribution is 7.98. The summed E-state index contributed by atoms with van der Waals surface area (Å²) in [6.07, 6.45) is 6.08. The maximum atomic E-state index is 13.6. The molecule has 9 heteroatoms. The van der Waals surface area contributed by atoms with Crippen LogP contribution in [0.4, 0.5) is 5.69 Å². The van der Waals surface area contributed by atoms with Crippen molar-refractivity contribution in [2.75, 3.05) is 0 Å². The standard InChI is InChI=1S/C30H30N4O4S/c35-28(31-24-11-5-2-6-12-24)23-14-15-26-27(19-23)32-30(39-20-22-10-7-13-25(18-22)34(37)38)33(29(26)36)17-16-21-8-3-1-4-9-21/h1,3-4,7-10,13-15,18-19,24H,2,5-6,11-12,16-17,20H2,(H,31,35). The summed E-state index contributed by atoms with van der Waals surface area (Å²) in [5.41, 5.74) is 2.67. The lowest BCUT2D eigenvalue weighted by atomic mass is 9.95. The van der Waals surface area contributed by atoms with Gasteiger partial charge in [-0.25, -0.2) is 4.98 Å². The van der Waals surface area contributed by atoms with Gasteiger partial charge in [0.2, 0.25) is 0 Å². The highest BCUT2D eigenvalue weighted by atomic mass is 32.2. The number of non-ortho nitro benzene ring substituents is 1. The van der Waals surface area contributed by atoms with E-state index in [9.17, 15) is 19.7 Å². The van der Waals surface area contributed by atoms with Gasteiger partial charge < -0.3 is 5.32 Å². The first-order valence-electron chi connectivity index (χ1n) is 13.2. The summed E-state index contributed by atoms with van der Waals surface area (Å²) in [7, 11) is 0. The van der Waals surface area contributed by atoms with Gasteiger partial charge in [0.15, 0.2) is 5.16 Å². The Morgan fingerprint density at radius 3 is 2.54 bits per heavy atom. The quantitative estimate of drug-likeness (QED) is 0.122. The maximum Gasteiger partial charge on any atom is 0.269 e. The van der Waals surface area contributed by atoms with Gasteiger partial charge in [0.05, 0.1) is 15.8 Å². The van der Waals surface area contributed by atoms with Crippen LogP contribution in [0.3, 0.4) is 0 Å². The zero-order chi connectivity index (χ0) is 27.2. The van der Waals surface area contributed by atoms with Crippen LogP contribution >= 0.6 is 11.8 Å². The molecule has 0 bridgehead atoms. The molecule has 200 valence electrons. The number of amides is 1. The maximum absolute atomic E-state index is 13.6. The molecule has 0 atom stereocenters. The molecule has 39 heavy (non-hydrogen) atoms. The molecule has 0 spiro atoms. The third-order valence-corrected chi connectivity index (χ3v) is 8.13. The minimum Gasteiger partial charge on any atom is -0.349 e. The second kappa shape index (κ2) is 12.3. The molecule has 1 N–H and O–H groups in total. The van der Waals surface area contributed by atoms with Crippen molar-refractivity contribution in [1.29, 1.82) is 0 Å². The Balaban J connectivity index is 1.46. The third kappa shape index (κ3) is 6.54. The van der Waals surface area contributed by atoms with E-state index in [0.717, 1.165) is 36.8 Å². The second-order valence-electron chi connectivity index (χ2n) is 9.84. The van der Waals surface area contributed by atoms with Gasteiger partial charge in [0, 0.05) is 36.0 Å². The average molecular weight is 543 g/mol. The highest BCUT2D eigenvalue weighted by Crippen LogP contribution is 2.25. The van der Waals surface area contributed by atoms with Crippen molar-refractivity contribution in [3.8, 4) is 0 Å². The van der Waals surface area contributed by atoms with Crippen LogP contribution in [-0.2, 0) is 18.7 Å². The number of nitro groups is 1. The minimum absolute atomic E-state index is 0.0228. The zero-order valence-electron chi connectivity index (χ0n) is 21.5. The van der Waals surface area contributed by atoms with Crippen molar-refractivity contribution in [1.82, 2.24) is 14.9 Å². The van der Waals surface area contributed by atoms with E-state index in [-0.39, 0.29) is 23.2 Å². The Kier molecular flexibility index (Phi) is 8.36. The Hall–Kier alpha value is -3.98. The van der Waals surface area contributed by atoms with Gasteiger partial charge >= 0.3 is 0 Å². The summed E-state index contributed by atoms with van der Waals surface area (Å²) in [5, 5.41) is 15.3. The van der Waals surface area contributed by atoms with Crippen molar-refractivity contribution in [3.63, 3.8) is 0 Å². The molecular weight excluding hydrogens is 512 g/mol. The highest BCUT2D eigenvalue weighted by Gasteiger charge is 2.19. The van der Waals surface area contributed by atoms with E-state index in [2.05, 4.69) is 5.32 Å². The number of fused-ring (bicyclic) bond motifs is 1. The molecule has 8 nitrogen and oxygen atoms in total. The number of carbonyl (C=O) groups excluding carboxylic acids is 1. The number of aromatic nitrogens is 2. The fourth-order valence-corrected chi connectivity index (χ4v) is 5.93. The first-order chi connectivity index (χ1) is 19.0. The summed E-state index contributed by atoms with van der Waals surface area (Å²) in [4.78, 5) is 42.2. The van der Waals surface area contributed by atoms with Gasteiger partial charge in [-0.3, -0.25) is 24.3 Å². The number of carbonyl (C=O) groups is 1. The molecular formula is C30H30N4O4S. The van der Waals surface area contributed by atoms with Crippen molar-refractivity contribution in [3.05, 3.63) is 110 Å². The van der Waals surface area contributed by atoms with E-state index < -0.39 is 4.92 Å². The van der Waals surface area contributed by atoms with Crippen LogP contribution in [0.1, 0.15) is 53.6 Å². The SMILES string of the molecule is O=C(NC1CCCCC1)c1ccc2c(=O)n(CCc3ccccc3)c(SCc3cccc([N+](=O)[O-])c3)nc2c1. The van der Waals surface area contributed by atoms with Crippen molar-refractivity contribution in [2.45, 2.75) is 62.0 Å². The van der Waals surface area contributed by atoms with Crippen LogP contribution in [0.2, 0.25) is 0 Å². The number of nitrogens with one attached hydrogen (secondary N) is 1. The number of aryl methyl sites for hydroxylation is 1. The molecule has 0 aliphatic heterocycles. The molecule has 0 saturated heterocycles. The van der Waals surface area contributed by atoms with E-state index in [0.29, 0.717) is 40.3 Å². The number of hydrogen-bond acceptors (Lipinski definition) is 6. The lowest BCUT2D eigenvalue weighted by Gasteiger charge is -2.22. The Bertz CT molecular complexity index is 1550. The van der Waals surface area contributed by atoms with Crippen LogP contribution in [0.5, 0.6) is 0 Å². The van der Waals surface area contributed by atoms with E-state index in [1.165, 1.54) is 30.3 Å². The van der Waals surface area contributed by atoms with Crippen LogP contribution < -0.4 is 10.9 Å². The topological polar surface area (TPSA) is 107 Å². The van der Waals surface area contributed by atoms with Crippen LogP contribution in [0.25, 0.3) is 10.9 Å². The molecule has 1 amide bonds. The lowest BCUT2D eigenvalue weighted by Crippen LogP contribution is -2.36. The predicted molar refractivity (Wildman–Crippen MR) is 153 cm³/mol. The smallest absolute Gasteiger partial charge is 0.269 e. The molecule has 0 radical (unpaired) electrons. The van der Waals surface area contributed by atoms with Gasteiger partial charge in [-0.2, -0.15) is 0 Å². The minimum atomic E-state index is -0.419. The predicted octanol–water partition coefficient (Wildman–Crippen LogP) is 5.90. The fourth-order valence-electron chi connectivity index (χ4n) is 4.96. The van der Waals surface area contributed by atoms with Crippen molar-refractivity contribution in [2.24, 2.45) is 0 Å². The number of nitrogens with zero attached hydrogens (tertiary/aromatic N) is 3. The summed E-state index contributed by atoms with van der Waals surface area (Å²) < 4.78 is 1.67. The molecule has 1 aromatic heterocycles. The third-order valence-electron chi connectivity index (χ3n) is 7.08. The van der Waals surface area contributed by atoms with E-state index in [1.54, 1.807) is 28.8 Å². The first-order valence-corrected chi connectivity index (χ1v) is 14.2. The molecule has 1 aliphatic rings. The monoisotopic (exact) mass is 542 g/mol. The Labute approximate surface area is 230 Å². The van der Waals surface area contributed by atoms with E-state index in [1.807, 2.05) is 36.4 Å². The van der Waals surface area contributed by atoms with E-state index in [4.69, 9.17) is 4.98 Å². The molecule has 1 fully saturated rings. The summed E-state index contributed by atoms with van der Waals surface area (Å²) in [6, 6.07) is 21.7. The molecule has 1 heterocycles. The van der Waals surface area contributed by atoms with Crippen molar-refractivity contribution >= 4 is 34.3 Å². The number of hydrogen-bond donors (Lipinski definition) is 1. The van der Waals surface area contributed by atoms with E-state index >= 15 is 0 Å². The van der Waals surface area contributed by atoms with Gasteiger partial charge in [0.25, 0.3) is 17.2 Å². The number of thioether (sulfide) groups is 1. The number of benzene rings is 3. The Morgan fingerprint density at radius 2 is 1.77 bits per heavy atom. The van der Waals surface area contributed by atoms with Gasteiger partial charge in [-0.1, -0.05) is 73.5 Å². The average Bonchev–Trinajstić information content (AvgIpc) is 2.96. The zero-order valence-corrected chi connectivity index (χ0v) is 22.4. The summed E-state index contributed by atoms with van der Waals surface area (Å²) in [6.45, 7) is 0.437. The van der Waals surface area contributed by atoms with Gasteiger partial charge in [-0.05, 0) is 48.6 Å². The molecule has 5 rings (SSSR count). The molecule has 1 aliphatic carbocycles. The molecule has 1 saturated carbocycles. The normalized spacial score (nSPS) is 13.8. The molecule has 3 aromatic carbocycles. The largest absolute Gasteiger partial charge is 0.349 e. The van der Waals surface area contributed by atoms with Crippen molar-refractivity contribution < 1.29 is 9.72 Å². The van der Waals surface area contributed by atoms with Gasteiger partial charge in [-0.15, -0.1) is 0 Å².